The van der Waals surface area contributed by atoms with Crippen molar-refractivity contribution in [2.45, 2.75) is 185 Å². The van der Waals surface area contributed by atoms with Crippen molar-refractivity contribution in [3.05, 3.63) is 97.2 Å². The maximum atomic E-state index is 12.7. The molecule has 3 N–H and O–H groups in total. The van der Waals surface area contributed by atoms with Gasteiger partial charge in [-0.1, -0.05) is 150 Å². The van der Waals surface area contributed by atoms with Crippen LogP contribution >= 0.6 is 0 Å². The smallest absolute Gasteiger partial charge is 0.212 e. The summed E-state index contributed by atoms with van der Waals surface area (Å²) in [6.45, 7) is 4.45. The lowest BCUT2D eigenvalue weighted by Crippen LogP contribution is -2.66. The van der Waals surface area contributed by atoms with Crippen molar-refractivity contribution in [2.24, 2.45) is 0 Å². The van der Waals surface area contributed by atoms with Crippen LogP contribution in [0.4, 0.5) is 0 Å². The van der Waals surface area contributed by atoms with Gasteiger partial charge in [0.05, 0.1) is 6.10 Å². The van der Waals surface area contributed by atoms with E-state index in [9.17, 15) is 24.9 Å². The van der Waals surface area contributed by atoms with Crippen LogP contribution in [0.5, 0.6) is 0 Å². The molecule has 292 valence electrons. The van der Waals surface area contributed by atoms with Gasteiger partial charge < -0.3 is 15.3 Å². The van der Waals surface area contributed by atoms with Gasteiger partial charge in [0, 0.05) is 12.8 Å². The summed E-state index contributed by atoms with van der Waals surface area (Å²) in [5.74, 6) is -1.36. The van der Waals surface area contributed by atoms with Crippen LogP contribution in [0.3, 0.4) is 0 Å². The molecule has 5 nitrogen and oxygen atoms in total. The molecule has 0 aromatic heterocycles. The number of ketones is 2. The molecule has 0 spiro atoms. The third-order valence-corrected chi connectivity index (χ3v) is 9.76. The average molecular weight is 719 g/mol. The van der Waals surface area contributed by atoms with Gasteiger partial charge in [0.15, 0.2) is 11.6 Å². The predicted molar refractivity (Wildman–Crippen MR) is 221 cm³/mol. The standard InChI is InChI=1S/C47H74O5/c1-3-5-7-9-11-13-15-17-19-21-23-25-27-29-31-33-35-37-39-43(48)46(51,47(52)44(49)40-41-45(47)50)42-38-36-34-32-30-28-26-24-22-20-18-16-14-12-10-8-6-4-2/h11-14,17-20,23-26,29-32,43,48,51-52H,3-10,15-16,21-22,27-28,33-42H2,1-2H3/b13-11-,14-12-,19-17-,20-18-,25-23-,26-24-,31-29-,32-30-. The number of hydrogen-bond donors (Lipinski definition) is 3. The summed E-state index contributed by atoms with van der Waals surface area (Å²) in [5, 5.41) is 34.0. The van der Waals surface area contributed by atoms with Crippen LogP contribution in [0.15, 0.2) is 97.2 Å². The number of aliphatic hydroxyl groups excluding tert-OH is 1. The molecule has 5 heteroatoms. The van der Waals surface area contributed by atoms with Gasteiger partial charge in [-0.25, -0.2) is 0 Å². The van der Waals surface area contributed by atoms with E-state index in [-0.39, 0.29) is 25.7 Å². The molecule has 1 saturated carbocycles. The molecule has 2 unspecified atom stereocenters. The highest BCUT2D eigenvalue weighted by Gasteiger charge is 2.64. The monoisotopic (exact) mass is 719 g/mol. The molecule has 0 aromatic carbocycles. The van der Waals surface area contributed by atoms with Gasteiger partial charge in [-0.15, -0.1) is 0 Å². The van der Waals surface area contributed by atoms with E-state index in [2.05, 4.69) is 111 Å². The van der Waals surface area contributed by atoms with Crippen LogP contribution in [0.2, 0.25) is 0 Å². The number of allylic oxidation sites excluding steroid dienone is 16. The van der Waals surface area contributed by atoms with Gasteiger partial charge in [0.1, 0.15) is 5.60 Å². The average Bonchev–Trinajstić information content (AvgIpc) is 3.41. The first-order chi connectivity index (χ1) is 25.3. The minimum atomic E-state index is -2.53. The van der Waals surface area contributed by atoms with Crippen molar-refractivity contribution < 1.29 is 24.9 Å². The van der Waals surface area contributed by atoms with Crippen LogP contribution in [-0.2, 0) is 9.59 Å². The fourth-order valence-corrected chi connectivity index (χ4v) is 6.43. The molecule has 0 heterocycles. The lowest BCUT2D eigenvalue weighted by atomic mass is 9.71. The predicted octanol–water partition coefficient (Wildman–Crippen LogP) is 11.8. The van der Waals surface area contributed by atoms with E-state index in [1.165, 1.54) is 51.4 Å². The first kappa shape index (κ1) is 47.2. The molecule has 0 aliphatic heterocycles. The van der Waals surface area contributed by atoms with Crippen LogP contribution in [0.1, 0.15) is 168 Å². The van der Waals surface area contributed by atoms with Gasteiger partial charge >= 0.3 is 0 Å². The topological polar surface area (TPSA) is 94.8 Å². The van der Waals surface area contributed by atoms with Crippen molar-refractivity contribution in [1.29, 1.82) is 0 Å². The first-order valence-electron chi connectivity index (χ1n) is 20.7. The van der Waals surface area contributed by atoms with Gasteiger partial charge in [-0.2, -0.15) is 0 Å². The second-order valence-corrected chi connectivity index (χ2v) is 14.2. The Morgan fingerprint density at radius 3 is 1.17 bits per heavy atom. The third kappa shape index (κ3) is 20.4. The zero-order valence-corrected chi connectivity index (χ0v) is 32.9. The Labute approximate surface area is 318 Å². The summed E-state index contributed by atoms with van der Waals surface area (Å²) in [7, 11) is 0. The van der Waals surface area contributed by atoms with E-state index < -0.39 is 28.9 Å². The minimum absolute atomic E-state index is 0.00662. The van der Waals surface area contributed by atoms with Crippen molar-refractivity contribution >= 4 is 11.6 Å². The van der Waals surface area contributed by atoms with E-state index >= 15 is 0 Å². The summed E-state index contributed by atoms with van der Waals surface area (Å²) in [4.78, 5) is 25.4. The van der Waals surface area contributed by atoms with Crippen molar-refractivity contribution in [1.82, 2.24) is 0 Å². The largest absolute Gasteiger partial charge is 0.390 e. The molecule has 1 aliphatic rings. The molecule has 1 rings (SSSR count). The molecule has 0 radical (unpaired) electrons. The number of unbranched alkanes of at least 4 members (excludes halogenated alkanes) is 10. The van der Waals surface area contributed by atoms with Crippen molar-refractivity contribution in [2.75, 3.05) is 0 Å². The van der Waals surface area contributed by atoms with Gasteiger partial charge in [-0.3, -0.25) is 9.59 Å². The van der Waals surface area contributed by atoms with Crippen molar-refractivity contribution in [3.63, 3.8) is 0 Å². The highest BCUT2D eigenvalue weighted by Crippen LogP contribution is 2.40. The lowest BCUT2D eigenvalue weighted by Gasteiger charge is -2.42. The minimum Gasteiger partial charge on any atom is -0.390 e. The molecule has 0 aromatic rings. The Hall–Kier alpha value is -2.86. The Bertz CT molecular complexity index is 1150. The molecule has 0 bridgehead atoms. The molecule has 0 amide bonds. The molecule has 1 aliphatic carbocycles. The summed E-state index contributed by atoms with van der Waals surface area (Å²) in [6.07, 6.45) is 53.3. The molecule has 52 heavy (non-hydrogen) atoms. The maximum Gasteiger partial charge on any atom is 0.212 e. The Kier molecular flexibility index (Phi) is 28.7. The zero-order chi connectivity index (χ0) is 38.0. The Morgan fingerprint density at radius 1 is 0.519 bits per heavy atom. The highest BCUT2D eigenvalue weighted by atomic mass is 16.4. The molecule has 1 fully saturated rings. The second-order valence-electron chi connectivity index (χ2n) is 14.2. The maximum absolute atomic E-state index is 12.7. The molecular formula is C47H74O5. The number of hydrogen-bond acceptors (Lipinski definition) is 5. The number of rotatable bonds is 32. The summed E-state index contributed by atoms with van der Waals surface area (Å²) in [5.41, 5.74) is -4.71. The highest BCUT2D eigenvalue weighted by molar-refractivity contribution is 6.17. The molecule has 0 saturated heterocycles. The quantitative estimate of drug-likeness (QED) is 0.0366. The summed E-state index contributed by atoms with van der Waals surface area (Å²) >= 11 is 0. The lowest BCUT2D eigenvalue weighted by molar-refractivity contribution is -0.203. The van der Waals surface area contributed by atoms with Crippen LogP contribution in [-0.4, -0.2) is 44.2 Å². The van der Waals surface area contributed by atoms with Crippen LogP contribution in [0.25, 0.3) is 0 Å². The number of Topliss-reactive ketones (excluding diaryl/α,β-unsaturated/α-hetero) is 2. The zero-order valence-electron chi connectivity index (χ0n) is 32.9. The van der Waals surface area contributed by atoms with E-state index in [0.29, 0.717) is 19.3 Å². The van der Waals surface area contributed by atoms with Crippen LogP contribution < -0.4 is 0 Å². The fourth-order valence-electron chi connectivity index (χ4n) is 6.43. The molecule has 2 atom stereocenters. The SMILES string of the molecule is CCCCC/C=C\C/C=C\C/C=C\C/C=C\CCCCC(O)C(O)(CCCC/C=C\C/C=C\C/C=C\C/C=C\CCCCC)C1(O)C(=O)CCC1=O. The Balaban J connectivity index is 2.37. The normalized spacial score (nSPS) is 17.4. The van der Waals surface area contributed by atoms with Crippen molar-refractivity contribution in [3.8, 4) is 0 Å². The third-order valence-electron chi connectivity index (χ3n) is 9.76. The van der Waals surface area contributed by atoms with Crippen LogP contribution in [0, 0.1) is 0 Å². The fraction of sp³-hybridized carbons (Fsp3) is 0.617. The number of aliphatic hydroxyl groups is 3. The van der Waals surface area contributed by atoms with E-state index in [1.54, 1.807) is 0 Å². The first-order valence-corrected chi connectivity index (χ1v) is 20.7. The number of carbonyl (C=O) groups excluding carboxylic acids is 2. The van der Waals surface area contributed by atoms with E-state index in [0.717, 1.165) is 57.8 Å². The Morgan fingerprint density at radius 2 is 0.827 bits per heavy atom. The van der Waals surface area contributed by atoms with Gasteiger partial charge in [0.2, 0.25) is 5.60 Å². The van der Waals surface area contributed by atoms with E-state index in [1.807, 2.05) is 0 Å². The van der Waals surface area contributed by atoms with Gasteiger partial charge in [0.25, 0.3) is 0 Å². The summed E-state index contributed by atoms with van der Waals surface area (Å²) in [6, 6.07) is 0. The second kappa shape index (κ2) is 31.6. The van der Waals surface area contributed by atoms with Gasteiger partial charge in [-0.05, 0) is 103 Å². The number of carbonyl (C=O) groups is 2. The van der Waals surface area contributed by atoms with E-state index in [4.69, 9.17) is 0 Å². The molecular weight excluding hydrogens is 645 g/mol. The summed E-state index contributed by atoms with van der Waals surface area (Å²) < 4.78 is 0.